The van der Waals surface area contributed by atoms with Crippen molar-refractivity contribution in [2.75, 3.05) is 34.3 Å². The van der Waals surface area contributed by atoms with Crippen LogP contribution in [0.15, 0.2) is 42.7 Å². The number of hydrogen-bond donors (Lipinski definition) is 0. The number of likely N-dealkylation sites (tertiary alicyclic amines) is 1. The molecule has 1 aromatic heterocycles. The van der Waals surface area contributed by atoms with E-state index in [-0.39, 0.29) is 5.78 Å². The summed E-state index contributed by atoms with van der Waals surface area (Å²) >= 11 is 0. The minimum atomic E-state index is -1.08. The van der Waals surface area contributed by atoms with Crippen molar-refractivity contribution in [2.45, 2.75) is 19.4 Å². The van der Waals surface area contributed by atoms with Gasteiger partial charge in [0.15, 0.2) is 5.78 Å². The SMILES string of the molecule is COc1ccc(C(=O)C2C(=O)C(=O)N(CCCN(C)C)C2c2ccncc2)cc1C. The van der Waals surface area contributed by atoms with Gasteiger partial charge in [-0.1, -0.05) is 0 Å². The number of benzene rings is 1. The van der Waals surface area contributed by atoms with Crippen LogP contribution in [0.1, 0.15) is 33.9 Å². The fraction of sp³-hybridized carbons (Fsp3) is 0.391. The molecule has 2 unspecified atom stereocenters. The van der Waals surface area contributed by atoms with Crippen LogP contribution < -0.4 is 4.74 Å². The van der Waals surface area contributed by atoms with Crippen molar-refractivity contribution in [1.29, 1.82) is 0 Å². The molecule has 1 fully saturated rings. The molecule has 0 radical (unpaired) electrons. The number of ether oxygens (including phenoxy) is 1. The number of hydrogen-bond acceptors (Lipinski definition) is 6. The number of carbonyl (C=O) groups is 3. The number of pyridine rings is 1. The highest BCUT2D eigenvalue weighted by Crippen LogP contribution is 2.38. The lowest BCUT2D eigenvalue weighted by Gasteiger charge is -2.27. The van der Waals surface area contributed by atoms with Gasteiger partial charge >= 0.3 is 0 Å². The van der Waals surface area contributed by atoms with Crippen LogP contribution >= 0.6 is 0 Å². The standard InChI is InChI=1S/C23H27N3O4/c1-15-14-17(6-7-18(15)30-4)21(27)19-20(16-8-10-24-11-9-16)26(23(29)22(19)28)13-5-12-25(2)3/h6-11,14,19-20H,5,12-13H2,1-4H3. The topological polar surface area (TPSA) is 79.8 Å². The van der Waals surface area contributed by atoms with Crippen molar-refractivity contribution in [3.8, 4) is 5.75 Å². The monoisotopic (exact) mass is 409 g/mol. The normalized spacial score (nSPS) is 18.9. The largest absolute Gasteiger partial charge is 0.496 e. The van der Waals surface area contributed by atoms with Crippen LogP contribution in [0.4, 0.5) is 0 Å². The highest BCUT2D eigenvalue weighted by Gasteiger charge is 2.51. The summed E-state index contributed by atoms with van der Waals surface area (Å²) in [6.07, 6.45) is 3.93. The zero-order valence-electron chi connectivity index (χ0n) is 17.8. The molecule has 0 spiro atoms. The first-order valence-corrected chi connectivity index (χ1v) is 9.93. The lowest BCUT2D eigenvalue weighted by molar-refractivity contribution is -0.140. The number of aryl methyl sites for hydroxylation is 1. The maximum atomic E-state index is 13.4. The van der Waals surface area contributed by atoms with Crippen molar-refractivity contribution >= 4 is 17.5 Å². The second-order valence-electron chi connectivity index (χ2n) is 7.77. The molecule has 0 aliphatic carbocycles. The van der Waals surface area contributed by atoms with E-state index in [4.69, 9.17) is 4.74 Å². The summed E-state index contributed by atoms with van der Waals surface area (Å²) in [5, 5.41) is 0. The van der Waals surface area contributed by atoms with Gasteiger partial charge in [-0.25, -0.2) is 0 Å². The number of Topliss-reactive ketones (excluding diaryl/α,β-unsaturated/α-hetero) is 2. The predicted octanol–water partition coefficient (Wildman–Crippen LogP) is 2.30. The minimum absolute atomic E-state index is 0.351. The van der Waals surface area contributed by atoms with Crippen molar-refractivity contribution in [2.24, 2.45) is 5.92 Å². The predicted molar refractivity (Wildman–Crippen MR) is 112 cm³/mol. The van der Waals surface area contributed by atoms with Gasteiger partial charge in [0.25, 0.3) is 5.91 Å². The van der Waals surface area contributed by atoms with Crippen LogP contribution in [0.2, 0.25) is 0 Å². The number of rotatable bonds is 8. The second-order valence-corrected chi connectivity index (χ2v) is 7.77. The lowest BCUT2D eigenvalue weighted by Crippen LogP contribution is -2.33. The number of aromatic nitrogens is 1. The first-order valence-electron chi connectivity index (χ1n) is 9.93. The Bertz CT molecular complexity index is 943. The van der Waals surface area contributed by atoms with Crippen molar-refractivity contribution in [1.82, 2.24) is 14.8 Å². The summed E-state index contributed by atoms with van der Waals surface area (Å²) < 4.78 is 5.26. The van der Waals surface area contributed by atoms with Gasteiger partial charge < -0.3 is 14.5 Å². The fourth-order valence-corrected chi connectivity index (χ4v) is 3.93. The first-order chi connectivity index (χ1) is 14.3. The average Bonchev–Trinajstić information content (AvgIpc) is 2.98. The molecule has 0 saturated carbocycles. The molecule has 158 valence electrons. The highest BCUT2D eigenvalue weighted by atomic mass is 16.5. The van der Waals surface area contributed by atoms with Gasteiger partial charge in [-0.2, -0.15) is 0 Å². The molecule has 0 N–H and O–H groups in total. The smallest absolute Gasteiger partial charge is 0.291 e. The van der Waals surface area contributed by atoms with Gasteiger partial charge in [0.05, 0.1) is 13.2 Å². The maximum absolute atomic E-state index is 13.4. The van der Waals surface area contributed by atoms with E-state index in [0.29, 0.717) is 24.3 Å². The molecule has 1 saturated heterocycles. The zero-order chi connectivity index (χ0) is 21.8. The number of ketones is 2. The van der Waals surface area contributed by atoms with E-state index in [1.54, 1.807) is 54.7 Å². The van der Waals surface area contributed by atoms with E-state index in [1.165, 1.54) is 0 Å². The van der Waals surface area contributed by atoms with Crippen LogP contribution in [-0.4, -0.2) is 66.6 Å². The van der Waals surface area contributed by atoms with E-state index >= 15 is 0 Å². The highest BCUT2D eigenvalue weighted by molar-refractivity contribution is 6.44. The summed E-state index contributed by atoms with van der Waals surface area (Å²) in [6, 6.07) is 7.94. The quantitative estimate of drug-likeness (QED) is 0.378. The number of amides is 1. The maximum Gasteiger partial charge on any atom is 0.291 e. The Kier molecular flexibility index (Phi) is 6.62. The second kappa shape index (κ2) is 9.17. The molecule has 3 rings (SSSR count). The molecule has 7 heteroatoms. The molecule has 1 aliphatic rings. The third kappa shape index (κ3) is 4.26. The summed E-state index contributed by atoms with van der Waals surface area (Å²) in [7, 11) is 5.47. The van der Waals surface area contributed by atoms with Gasteiger partial charge in [-0.15, -0.1) is 0 Å². The number of carbonyl (C=O) groups excluding carboxylic acids is 3. The van der Waals surface area contributed by atoms with Crippen LogP contribution in [0.25, 0.3) is 0 Å². The van der Waals surface area contributed by atoms with Gasteiger partial charge in [0.1, 0.15) is 11.7 Å². The molecule has 2 aromatic rings. The van der Waals surface area contributed by atoms with E-state index in [9.17, 15) is 14.4 Å². The Morgan fingerprint density at radius 3 is 2.47 bits per heavy atom. The molecular weight excluding hydrogens is 382 g/mol. The molecule has 2 atom stereocenters. The van der Waals surface area contributed by atoms with Crippen LogP contribution in [0, 0.1) is 12.8 Å². The fourth-order valence-electron chi connectivity index (χ4n) is 3.93. The molecule has 0 bridgehead atoms. The third-order valence-corrected chi connectivity index (χ3v) is 5.42. The Morgan fingerprint density at radius 1 is 1.17 bits per heavy atom. The Morgan fingerprint density at radius 2 is 1.87 bits per heavy atom. The third-order valence-electron chi connectivity index (χ3n) is 5.42. The summed E-state index contributed by atoms with van der Waals surface area (Å²) in [5.41, 5.74) is 1.93. The molecule has 30 heavy (non-hydrogen) atoms. The Labute approximate surface area is 176 Å². The van der Waals surface area contributed by atoms with E-state index < -0.39 is 23.7 Å². The van der Waals surface area contributed by atoms with Crippen molar-refractivity contribution < 1.29 is 19.1 Å². The number of methoxy groups -OCH3 is 1. The van der Waals surface area contributed by atoms with Crippen LogP contribution in [0.5, 0.6) is 5.75 Å². The lowest BCUT2D eigenvalue weighted by atomic mass is 9.86. The Hall–Kier alpha value is -3.06. The Balaban J connectivity index is 1.98. The van der Waals surface area contributed by atoms with Gasteiger partial charge in [0.2, 0.25) is 5.78 Å². The van der Waals surface area contributed by atoms with E-state index in [1.807, 2.05) is 25.9 Å². The van der Waals surface area contributed by atoms with Gasteiger partial charge in [0, 0.05) is 24.5 Å². The molecule has 7 nitrogen and oxygen atoms in total. The first kappa shape index (κ1) is 21.6. The van der Waals surface area contributed by atoms with Gasteiger partial charge in [-0.3, -0.25) is 19.4 Å². The van der Waals surface area contributed by atoms with Crippen LogP contribution in [-0.2, 0) is 9.59 Å². The minimum Gasteiger partial charge on any atom is -0.496 e. The zero-order valence-corrected chi connectivity index (χ0v) is 17.8. The summed E-state index contributed by atoms with van der Waals surface area (Å²) in [5.74, 6) is -2.02. The summed E-state index contributed by atoms with van der Waals surface area (Å²) in [6.45, 7) is 3.02. The van der Waals surface area contributed by atoms with E-state index in [2.05, 4.69) is 4.98 Å². The van der Waals surface area contributed by atoms with E-state index in [0.717, 1.165) is 17.7 Å². The molecular formula is C23H27N3O4. The molecule has 1 aliphatic heterocycles. The average molecular weight is 409 g/mol. The van der Waals surface area contributed by atoms with Crippen molar-refractivity contribution in [3.05, 3.63) is 59.4 Å². The molecule has 1 amide bonds. The molecule has 1 aromatic carbocycles. The van der Waals surface area contributed by atoms with Gasteiger partial charge in [-0.05, 0) is 75.4 Å². The number of nitrogens with zero attached hydrogens (tertiary/aromatic N) is 3. The summed E-state index contributed by atoms with van der Waals surface area (Å²) in [4.78, 5) is 46.8. The van der Waals surface area contributed by atoms with Crippen LogP contribution in [0.3, 0.4) is 0 Å². The molecule has 2 heterocycles. The van der Waals surface area contributed by atoms with Crippen molar-refractivity contribution in [3.63, 3.8) is 0 Å².